The van der Waals surface area contributed by atoms with Crippen molar-refractivity contribution in [1.82, 2.24) is 5.16 Å². The Bertz CT molecular complexity index is 987. The number of nitrogens with zero attached hydrogens (tertiary/aromatic N) is 1. The molecule has 1 aromatic carbocycles. The normalized spacial score (nSPS) is 11.7. The molecule has 0 fully saturated rings. The quantitative estimate of drug-likeness (QED) is 0.745. The van der Waals surface area contributed by atoms with Gasteiger partial charge < -0.3 is 4.52 Å². The first-order valence-electron chi connectivity index (χ1n) is 7.40. The molecule has 3 rings (SSSR count). The van der Waals surface area contributed by atoms with Gasteiger partial charge in [-0.05, 0) is 44.9 Å². The summed E-state index contributed by atoms with van der Waals surface area (Å²) in [6.07, 6.45) is 1.51. The molecule has 0 aliphatic rings. The molecule has 0 saturated heterocycles. The third-order valence-corrected chi connectivity index (χ3v) is 6.48. The highest BCUT2D eigenvalue weighted by molar-refractivity contribution is 7.93. The first kappa shape index (κ1) is 16.7. The average molecular weight is 362 g/mol. The molecular weight excluding hydrogens is 344 g/mol. The highest BCUT2D eigenvalue weighted by Crippen LogP contribution is 2.39. The third kappa shape index (κ3) is 2.97. The highest BCUT2D eigenvalue weighted by atomic mass is 32.2. The van der Waals surface area contributed by atoms with Gasteiger partial charge in [-0.3, -0.25) is 4.72 Å². The summed E-state index contributed by atoms with van der Waals surface area (Å²) in [5, 5.41) is 3.70. The smallest absolute Gasteiger partial charge is 0.263 e. The van der Waals surface area contributed by atoms with E-state index in [0.29, 0.717) is 17.0 Å². The molecule has 0 bridgehead atoms. The largest absolute Gasteiger partial charge is 0.356 e. The van der Waals surface area contributed by atoms with E-state index in [9.17, 15) is 8.42 Å². The van der Waals surface area contributed by atoms with Crippen molar-refractivity contribution in [2.24, 2.45) is 0 Å². The second-order valence-electron chi connectivity index (χ2n) is 5.72. The van der Waals surface area contributed by atoms with Gasteiger partial charge in [0.1, 0.15) is 4.90 Å². The van der Waals surface area contributed by atoms with Crippen LogP contribution in [0.15, 0.2) is 39.9 Å². The van der Waals surface area contributed by atoms with Crippen LogP contribution in [-0.2, 0) is 10.0 Å². The Kier molecular flexibility index (Phi) is 4.23. The van der Waals surface area contributed by atoms with Gasteiger partial charge in [-0.2, -0.15) is 0 Å². The van der Waals surface area contributed by atoms with Crippen LogP contribution in [0.5, 0.6) is 0 Å². The minimum atomic E-state index is -3.75. The molecule has 2 heterocycles. The summed E-state index contributed by atoms with van der Waals surface area (Å²) in [5.41, 5.74) is 3.02. The van der Waals surface area contributed by atoms with Crippen LogP contribution in [0.25, 0.3) is 11.3 Å². The summed E-state index contributed by atoms with van der Waals surface area (Å²) in [7, 11) is -3.75. The molecule has 0 spiro atoms. The SMILES string of the molecule is Cc1ccc(C)c(NS(=O)(=O)c2c(C)sc(C)c2-c2ccno2)c1. The van der Waals surface area contributed by atoms with Crippen molar-refractivity contribution >= 4 is 27.0 Å². The molecule has 126 valence electrons. The maximum Gasteiger partial charge on any atom is 0.263 e. The number of aromatic nitrogens is 1. The Hall–Kier alpha value is -2.12. The highest BCUT2D eigenvalue weighted by Gasteiger charge is 2.28. The summed E-state index contributed by atoms with van der Waals surface area (Å²) >= 11 is 1.43. The molecule has 7 heteroatoms. The topological polar surface area (TPSA) is 72.2 Å². The standard InChI is InChI=1S/C17H18N2O3S2/c1-10-5-6-11(2)14(9-10)19-24(20,21)17-13(4)23-12(3)16(17)15-7-8-18-22-15/h5-9,19H,1-4H3. The summed E-state index contributed by atoms with van der Waals surface area (Å²) in [4.78, 5) is 1.85. The van der Waals surface area contributed by atoms with E-state index >= 15 is 0 Å². The molecule has 24 heavy (non-hydrogen) atoms. The lowest BCUT2D eigenvalue weighted by atomic mass is 10.1. The van der Waals surface area contributed by atoms with Crippen LogP contribution < -0.4 is 4.72 Å². The Morgan fingerprint density at radius 3 is 2.50 bits per heavy atom. The number of anilines is 1. The fraction of sp³-hybridized carbons (Fsp3) is 0.235. The predicted octanol–water partition coefficient (Wildman–Crippen LogP) is 4.44. The monoisotopic (exact) mass is 362 g/mol. The lowest BCUT2D eigenvalue weighted by molar-refractivity contribution is 0.431. The molecule has 2 aromatic heterocycles. The van der Waals surface area contributed by atoms with Crippen molar-refractivity contribution in [3.63, 3.8) is 0 Å². The molecule has 3 aromatic rings. The van der Waals surface area contributed by atoms with Gasteiger partial charge in [0.05, 0.1) is 17.4 Å². The molecule has 0 aliphatic carbocycles. The minimum Gasteiger partial charge on any atom is -0.356 e. The predicted molar refractivity (Wildman–Crippen MR) is 96.0 cm³/mol. The Balaban J connectivity index is 2.13. The zero-order chi connectivity index (χ0) is 17.5. The van der Waals surface area contributed by atoms with Crippen molar-refractivity contribution in [2.75, 3.05) is 4.72 Å². The Morgan fingerprint density at radius 2 is 1.83 bits per heavy atom. The van der Waals surface area contributed by atoms with Crippen LogP contribution in [0.1, 0.15) is 20.9 Å². The van der Waals surface area contributed by atoms with E-state index in [1.54, 1.807) is 13.0 Å². The van der Waals surface area contributed by atoms with Crippen LogP contribution >= 0.6 is 11.3 Å². The number of thiophene rings is 1. The van der Waals surface area contributed by atoms with Gasteiger partial charge in [-0.15, -0.1) is 11.3 Å². The second kappa shape index (κ2) is 6.07. The summed E-state index contributed by atoms with van der Waals surface area (Å²) < 4.78 is 34.0. The molecule has 0 unspecified atom stereocenters. The molecule has 0 atom stereocenters. The van der Waals surface area contributed by atoms with E-state index in [2.05, 4.69) is 9.88 Å². The van der Waals surface area contributed by atoms with Gasteiger partial charge in [0.2, 0.25) is 0 Å². The molecule has 1 N–H and O–H groups in total. The third-order valence-electron chi connectivity index (χ3n) is 3.80. The van der Waals surface area contributed by atoms with E-state index in [1.807, 2.05) is 39.0 Å². The van der Waals surface area contributed by atoms with Crippen molar-refractivity contribution in [1.29, 1.82) is 0 Å². The van der Waals surface area contributed by atoms with Gasteiger partial charge in [-0.25, -0.2) is 8.42 Å². The van der Waals surface area contributed by atoms with Gasteiger partial charge >= 0.3 is 0 Å². The van der Waals surface area contributed by atoms with Crippen molar-refractivity contribution in [3.05, 3.63) is 51.3 Å². The first-order chi connectivity index (χ1) is 11.3. The molecular formula is C17H18N2O3S2. The number of hydrogen-bond acceptors (Lipinski definition) is 5. The summed E-state index contributed by atoms with van der Waals surface area (Å²) in [6.45, 7) is 7.49. The lowest BCUT2D eigenvalue weighted by Crippen LogP contribution is -2.15. The van der Waals surface area contributed by atoms with Crippen LogP contribution in [0, 0.1) is 27.7 Å². The maximum atomic E-state index is 13.0. The van der Waals surface area contributed by atoms with E-state index in [-0.39, 0.29) is 4.90 Å². The van der Waals surface area contributed by atoms with Crippen LogP contribution in [0.4, 0.5) is 5.69 Å². The molecule has 5 nitrogen and oxygen atoms in total. The maximum absolute atomic E-state index is 13.0. The number of rotatable bonds is 4. The van der Waals surface area contributed by atoms with E-state index in [0.717, 1.165) is 20.9 Å². The first-order valence-corrected chi connectivity index (χ1v) is 9.70. The zero-order valence-electron chi connectivity index (χ0n) is 13.9. The van der Waals surface area contributed by atoms with Crippen LogP contribution in [-0.4, -0.2) is 13.6 Å². The van der Waals surface area contributed by atoms with Gasteiger partial charge in [0.15, 0.2) is 5.76 Å². The number of hydrogen-bond donors (Lipinski definition) is 1. The van der Waals surface area contributed by atoms with Crippen molar-refractivity contribution < 1.29 is 12.9 Å². The summed E-state index contributed by atoms with van der Waals surface area (Å²) in [5.74, 6) is 0.457. The van der Waals surface area contributed by atoms with E-state index in [4.69, 9.17) is 4.52 Å². The second-order valence-corrected chi connectivity index (χ2v) is 8.77. The Morgan fingerprint density at radius 1 is 1.08 bits per heavy atom. The fourth-order valence-electron chi connectivity index (χ4n) is 2.66. The fourth-order valence-corrected chi connectivity index (χ4v) is 5.65. The lowest BCUT2D eigenvalue weighted by Gasteiger charge is -2.12. The molecule has 0 amide bonds. The minimum absolute atomic E-state index is 0.252. The Labute approximate surface area is 145 Å². The molecule has 0 aliphatic heterocycles. The van der Waals surface area contributed by atoms with Gasteiger partial charge in [0.25, 0.3) is 10.0 Å². The summed E-state index contributed by atoms with van der Waals surface area (Å²) in [6, 6.07) is 7.35. The van der Waals surface area contributed by atoms with Crippen LogP contribution in [0.2, 0.25) is 0 Å². The number of aryl methyl sites for hydroxylation is 4. The van der Waals surface area contributed by atoms with Gasteiger partial charge in [0, 0.05) is 15.8 Å². The number of nitrogens with one attached hydrogen (secondary N) is 1. The molecule has 0 saturated carbocycles. The van der Waals surface area contributed by atoms with E-state index in [1.165, 1.54) is 17.5 Å². The van der Waals surface area contributed by atoms with Crippen molar-refractivity contribution in [3.8, 4) is 11.3 Å². The zero-order valence-corrected chi connectivity index (χ0v) is 15.5. The van der Waals surface area contributed by atoms with Crippen LogP contribution in [0.3, 0.4) is 0 Å². The van der Waals surface area contributed by atoms with Crippen molar-refractivity contribution in [2.45, 2.75) is 32.6 Å². The van der Waals surface area contributed by atoms with Gasteiger partial charge in [-0.1, -0.05) is 17.3 Å². The average Bonchev–Trinajstić information content (AvgIpc) is 3.10. The number of benzene rings is 1. The number of sulfonamides is 1. The van der Waals surface area contributed by atoms with E-state index < -0.39 is 10.0 Å². The molecule has 0 radical (unpaired) electrons.